The lowest BCUT2D eigenvalue weighted by Crippen LogP contribution is -2.68. The molecule has 206 valence electrons. The summed E-state index contributed by atoms with van der Waals surface area (Å²) in [5.41, 5.74) is 1.25. The summed E-state index contributed by atoms with van der Waals surface area (Å²) in [5, 5.41) is 13.3. The average Bonchev–Trinajstić information content (AvgIpc) is 3.45. The molecule has 0 bridgehead atoms. The van der Waals surface area contributed by atoms with Crippen molar-refractivity contribution in [3.05, 3.63) is 96.6 Å². The molecule has 5 atom stereocenters. The fraction of sp³-hybridized carbons (Fsp3) is 0.441. The maximum Gasteiger partial charge on any atom is 0.306 e. The molecule has 1 saturated heterocycles. The second-order valence-corrected chi connectivity index (χ2v) is 16.6. The van der Waals surface area contributed by atoms with Gasteiger partial charge in [0.15, 0.2) is 0 Å². The van der Waals surface area contributed by atoms with Gasteiger partial charge in [0.2, 0.25) is 0 Å². The lowest BCUT2D eigenvalue weighted by atomic mass is 9.87. The largest absolute Gasteiger partial charge is 0.462 e. The van der Waals surface area contributed by atoms with Crippen molar-refractivity contribution in [2.24, 2.45) is 11.8 Å². The van der Waals surface area contributed by atoms with Crippen molar-refractivity contribution in [2.75, 3.05) is 0 Å². The lowest BCUT2D eigenvalue weighted by molar-refractivity contribution is -0.141. The second-order valence-electron chi connectivity index (χ2n) is 12.4. The van der Waals surface area contributed by atoms with Gasteiger partial charge in [-0.25, -0.2) is 0 Å². The number of esters is 1. The molecule has 1 N–H and O–H groups in total. The van der Waals surface area contributed by atoms with E-state index in [1.54, 1.807) is 0 Å². The zero-order valence-corrected chi connectivity index (χ0v) is 24.5. The van der Waals surface area contributed by atoms with Gasteiger partial charge in [0, 0.05) is 12.3 Å². The van der Waals surface area contributed by atoms with Gasteiger partial charge in [-0.2, -0.15) is 0 Å². The molecule has 5 heteroatoms. The van der Waals surface area contributed by atoms with Gasteiger partial charge in [0.25, 0.3) is 8.32 Å². The number of aliphatic hydroxyl groups is 1. The fourth-order valence-electron chi connectivity index (χ4n) is 6.92. The number of carbonyl (C=O) groups excluding carboxylic acids is 1. The quantitative estimate of drug-likeness (QED) is 0.265. The third-order valence-corrected chi connectivity index (χ3v) is 13.9. The van der Waals surface area contributed by atoms with Gasteiger partial charge in [-0.05, 0) is 52.6 Å². The number of aryl methyl sites for hydroxylation is 1. The second kappa shape index (κ2) is 11.8. The molecule has 4 nitrogen and oxygen atoms in total. The molecule has 1 saturated carbocycles. The molecule has 3 aromatic rings. The molecule has 0 aromatic heterocycles. The average molecular weight is 543 g/mol. The van der Waals surface area contributed by atoms with Crippen LogP contribution >= 0.6 is 0 Å². The lowest BCUT2D eigenvalue weighted by Gasteiger charge is -2.46. The molecule has 1 aliphatic heterocycles. The van der Waals surface area contributed by atoms with E-state index in [4.69, 9.17) is 9.16 Å². The number of carbonyl (C=O) groups is 1. The van der Waals surface area contributed by atoms with Crippen LogP contribution in [0, 0.1) is 11.8 Å². The molecule has 0 spiro atoms. The van der Waals surface area contributed by atoms with Crippen molar-refractivity contribution in [3.8, 4) is 0 Å². The highest BCUT2D eigenvalue weighted by molar-refractivity contribution is 6.99. The maximum atomic E-state index is 12.3. The van der Waals surface area contributed by atoms with Gasteiger partial charge in [-0.15, -0.1) is 0 Å². The Labute approximate surface area is 234 Å². The van der Waals surface area contributed by atoms with Crippen LogP contribution in [0.25, 0.3) is 0 Å². The van der Waals surface area contributed by atoms with Crippen molar-refractivity contribution in [1.29, 1.82) is 0 Å². The summed E-state index contributed by atoms with van der Waals surface area (Å²) in [6, 6.07) is 31.8. The first-order valence-electron chi connectivity index (χ1n) is 14.5. The van der Waals surface area contributed by atoms with E-state index in [0.717, 1.165) is 25.7 Å². The summed E-state index contributed by atoms with van der Waals surface area (Å²) in [6.07, 6.45) is 3.82. The van der Waals surface area contributed by atoms with E-state index in [-0.39, 0.29) is 41.2 Å². The minimum Gasteiger partial charge on any atom is -0.462 e. The van der Waals surface area contributed by atoms with Crippen LogP contribution in [0.1, 0.15) is 58.4 Å². The Kier molecular flexibility index (Phi) is 8.41. The van der Waals surface area contributed by atoms with Gasteiger partial charge in [-0.1, -0.05) is 112 Å². The molecular weight excluding hydrogens is 500 g/mol. The van der Waals surface area contributed by atoms with Gasteiger partial charge in [-0.3, -0.25) is 4.79 Å². The van der Waals surface area contributed by atoms with Gasteiger partial charge in [0.05, 0.1) is 18.6 Å². The van der Waals surface area contributed by atoms with E-state index >= 15 is 0 Å². The van der Waals surface area contributed by atoms with Crippen LogP contribution in [0.3, 0.4) is 0 Å². The zero-order chi connectivity index (χ0) is 27.5. The Morgan fingerprint density at radius 2 is 1.46 bits per heavy atom. The van der Waals surface area contributed by atoms with E-state index in [0.29, 0.717) is 12.8 Å². The van der Waals surface area contributed by atoms with Crippen molar-refractivity contribution < 1.29 is 19.1 Å². The summed E-state index contributed by atoms with van der Waals surface area (Å²) in [5.74, 6) is 0.236. The fourth-order valence-corrected chi connectivity index (χ4v) is 11.7. The predicted molar refractivity (Wildman–Crippen MR) is 159 cm³/mol. The molecule has 0 amide bonds. The minimum absolute atomic E-state index is 0.0271. The molecule has 5 rings (SSSR count). The van der Waals surface area contributed by atoms with E-state index in [1.807, 2.05) is 18.2 Å². The summed E-state index contributed by atoms with van der Waals surface area (Å²) < 4.78 is 13.4. The number of hydrogen-bond donors (Lipinski definition) is 1. The van der Waals surface area contributed by atoms with Crippen molar-refractivity contribution in [2.45, 2.75) is 82.6 Å². The Morgan fingerprint density at radius 1 is 0.897 bits per heavy atom. The van der Waals surface area contributed by atoms with Crippen LogP contribution in [0.5, 0.6) is 0 Å². The van der Waals surface area contributed by atoms with Crippen LogP contribution in [0.15, 0.2) is 91.0 Å². The number of aliphatic hydroxyl groups excluding tert-OH is 1. The summed E-state index contributed by atoms with van der Waals surface area (Å²) in [7, 11) is -2.74. The van der Waals surface area contributed by atoms with Gasteiger partial charge >= 0.3 is 5.97 Å². The molecule has 39 heavy (non-hydrogen) atoms. The number of ether oxygens (including phenoxy) is 1. The smallest absolute Gasteiger partial charge is 0.306 e. The number of benzene rings is 3. The maximum absolute atomic E-state index is 12.3. The first-order valence-corrected chi connectivity index (χ1v) is 16.4. The Hall–Kier alpha value is -2.73. The normalized spacial score (nSPS) is 23.8. The Morgan fingerprint density at radius 3 is 2.03 bits per heavy atom. The van der Waals surface area contributed by atoms with Crippen molar-refractivity contribution >= 4 is 24.7 Å². The Bertz CT molecular complexity index is 1170. The van der Waals surface area contributed by atoms with Gasteiger partial charge < -0.3 is 14.3 Å². The van der Waals surface area contributed by atoms with Crippen LogP contribution in [-0.2, 0) is 20.4 Å². The third kappa shape index (κ3) is 5.91. The molecule has 3 aromatic carbocycles. The van der Waals surface area contributed by atoms with Crippen molar-refractivity contribution in [3.63, 3.8) is 0 Å². The molecule has 0 radical (unpaired) electrons. The third-order valence-electron chi connectivity index (χ3n) is 8.84. The standard InChI is InChI=1S/C34H42O4Si/c1-34(2,3)39(27-15-9-5-10-16-27,28-17-11-6-12-18-28)38-32-24-31-30(23-33(36)37-31)29(32)22-21-26(35)20-19-25-13-7-4-8-14-25/h4-18,26,29-32,35H,19-24H2,1-3H3/t26-,29+,30+,31-,32+/m0/s1. The highest BCUT2D eigenvalue weighted by Crippen LogP contribution is 2.48. The predicted octanol–water partition coefficient (Wildman–Crippen LogP) is 5.66. The molecule has 2 fully saturated rings. The molecular formula is C34H42O4Si. The van der Waals surface area contributed by atoms with Crippen LogP contribution in [-0.4, -0.2) is 37.7 Å². The van der Waals surface area contributed by atoms with Crippen LogP contribution < -0.4 is 10.4 Å². The van der Waals surface area contributed by atoms with Crippen LogP contribution in [0.4, 0.5) is 0 Å². The first kappa shape index (κ1) is 27.8. The van der Waals surface area contributed by atoms with E-state index in [9.17, 15) is 9.90 Å². The van der Waals surface area contributed by atoms with E-state index < -0.39 is 8.32 Å². The summed E-state index contributed by atoms with van der Waals surface area (Å²) >= 11 is 0. The highest BCUT2D eigenvalue weighted by Gasteiger charge is 2.57. The van der Waals surface area contributed by atoms with Crippen LogP contribution in [0.2, 0.25) is 5.04 Å². The molecule has 0 unspecified atom stereocenters. The van der Waals surface area contributed by atoms with Crippen molar-refractivity contribution in [1.82, 2.24) is 0 Å². The zero-order valence-electron chi connectivity index (χ0n) is 23.5. The molecule has 1 aliphatic carbocycles. The molecule has 1 heterocycles. The topological polar surface area (TPSA) is 55.8 Å². The van der Waals surface area contributed by atoms with E-state index in [2.05, 4.69) is 93.6 Å². The van der Waals surface area contributed by atoms with Gasteiger partial charge in [0.1, 0.15) is 6.10 Å². The SMILES string of the molecule is CC(C)(C)[Si](O[C@@H]1C[C@@H]2OC(=O)C[C@@H]2[C@H]1CC[C@@H](O)CCc1ccccc1)(c1ccccc1)c1ccccc1. The Balaban J connectivity index is 1.41. The number of hydrogen-bond acceptors (Lipinski definition) is 4. The monoisotopic (exact) mass is 542 g/mol. The number of fused-ring (bicyclic) bond motifs is 1. The minimum atomic E-state index is -2.74. The van der Waals surface area contributed by atoms with E-state index in [1.165, 1.54) is 15.9 Å². The summed E-state index contributed by atoms with van der Waals surface area (Å²) in [4.78, 5) is 12.3. The first-order chi connectivity index (χ1) is 18.8. The number of rotatable bonds is 10. The molecule has 2 aliphatic rings. The summed E-state index contributed by atoms with van der Waals surface area (Å²) in [6.45, 7) is 6.91. The highest BCUT2D eigenvalue weighted by atomic mass is 28.4.